The maximum Gasteiger partial charge on any atom is 0.264 e. The number of carbonyl (C=O) groups is 2. The Morgan fingerprint density at radius 2 is 1.63 bits per heavy atom. The van der Waals surface area contributed by atoms with Crippen LogP contribution in [0.15, 0.2) is 78.9 Å². The molecule has 0 radical (unpaired) electrons. The average Bonchev–Trinajstić information content (AvgIpc) is 2.81. The molecule has 1 heterocycles. The number of anilines is 1. The first-order valence-corrected chi connectivity index (χ1v) is 10.1. The Balaban J connectivity index is 1.41. The summed E-state index contributed by atoms with van der Waals surface area (Å²) in [6.45, 7) is 0.993. The highest BCUT2D eigenvalue weighted by molar-refractivity contribution is 5.98. The van der Waals surface area contributed by atoms with E-state index in [1.807, 2.05) is 48.5 Å². The molecular weight excluding hydrogens is 376 g/mol. The first-order valence-electron chi connectivity index (χ1n) is 10.1. The smallest absolute Gasteiger partial charge is 0.264 e. The van der Waals surface area contributed by atoms with Crippen LogP contribution in [-0.2, 0) is 17.8 Å². The van der Waals surface area contributed by atoms with E-state index in [1.165, 1.54) is 5.56 Å². The molecule has 1 N–H and O–H groups in total. The van der Waals surface area contributed by atoms with Crippen molar-refractivity contribution in [3.05, 3.63) is 95.6 Å². The summed E-state index contributed by atoms with van der Waals surface area (Å²) >= 11 is 0. The molecule has 0 unspecified atom stereocenters. The van der Waals surface area contributed by atoms with E-state index in [0.717, 1.165) is 24.1 Å². The molecule has 0 aromatic heterocycles. The predicted molar refractivity (Wildman–Crippen MR) is 117 cm³/mol. The second-order valence-corrected chi connectivity index (χ2v) is 7.23. The van der Waals surface area contributed by atoms with Gasteiger partial charge >= 0.3 is 0 Å². The lowest BCUT2D eigenvalue weighted by atomic mass is 10.0. The molecule has 3 aromatic rings. The fraction of sp³-hybridized carbons (Fsp3) is 0.200. The number of amides is 2. The standard InChI is InChI=1S/C25H24N2O3/c28-24(27-16-8-12-20-11-4-6-14-22(20)27)18-30-23-15-7-5-13-21(23)25(29)26-17-19-9-2-1-3-10-19/h1-7,9-11,13-15H,8,12,16-18H2,(H,26,29). The Morgan fingerprint density at radius 1 is 0.900 bits per heavy atom. The number of hydrogen-bond donors (Lipinski definition) is 1. The minimum Gasteiger partial charge on any atom is -0.483 e. The largest absolute Gasteiger partial charge is 0.483 e. The molecule has 1 aliphatic rings. The summed E-state index contributed by atoms with van der Waals surface area (Å²) in [4.78, 5) is 27.3. The number of carbonyl (C=O) groups excluding carboxylic acids is 2. The maximum absolute atomic E-state index is 12.8. The monoisotopic (exact) mass is 400 g/mol. The molecule has 0 atom stereocenters. The predicted octanol–water partition coefficient (Wildman–Crippen LogP) is 3.97. The van der Waals surface area contributed by atoms with Gasteiger partial charge in [-0.05, 0) is 42.2 Å². The summed E-state index contributed by atoms with van der Waals surface area (Å²) in [5.41, 5.74) is 3.56. The molecule has 2 amide bonds. The highest BCUT2D eigenvalue weighted by Crippen LogP contribution is 2.27. The molecule has 0 spiro atoms. The van der Waals surface area contributed by atoms with Crippen LogP contribution in [0.4, 0.5) is 5.69 Å². The van der Waals surface area contributed by atoms with Crippen LogP contribution in [0.5, 0.6) is 5.75 Å². The van der Waals surface area contributed by atoms with Gasteiger partial charge in [-0.1, -0.05) is 60.7 Å². The highest BCUT2D eigenvalue weighted by atomic mass is 16.5. The van der Waals surface area contributed by atoms with Crippen molar-refractivity contribution < 1.29 is 14.3 Å². The molecule has 0 fully saturated rings. The van der Waals surface area contributed by atoms with Gasteiger partial charge in [-0.2, -0.15) is 0 Å². The van der Waals surface area contributed by atoms with Crippen molar-refractivity contribution in [2.45, 2.75) is 19.4 Å². The van der Waals surface area contributed by atoms with Crippen molar-refractivity contribution in [1.82, 2.24) is 5.32 Å². The molecule has 3 aromatic carbocycles. The molecule has 30 heavy (non-hydrogen) atoms. The average molecular weight is 400 g/mol. The van der Waals surface area contributed by atoms with Gasteiger partial charge in [0.05, 0.1) is 5.56 Å². The summed E-state index contributed by atoms with van der Waals surface area (Å²) in [5.74, 6) is 0.0635. The fourth-order valence-electron chi connectivity index (χ4n) is 3.66. The molecule has 5 nitrogen and oxygen atoms in total. The number of hydrogen-bond acceptors (Lipinski definition) is 3. The van der Waals surface area contributed by atoms with Crippen molar-refractivity contribution in [3.63, 3.8) is 0 Å². The number of nitrogens with zero attached hydrogens (tertiary/aromatic N) is 1. The van der Waals surface area contributed by atoms with Crippen LogP contribution >= 0.6 is 0 Å². The van der Waals surface area contributed by atoms with Gasteiger partial charge in [0.1, 0.15) is 5.75 Å². The van der Waals surface area contributed by atoms with Gasteiger partial charge in [0, 0.05) is 18.8 Å². The zero-order valence-corrected chi connectivity index (χ0v) is 16.7. The van der Waals surface area contributed by atoms with E-state index in [-0.39, 0.29) is 18.4 Å². The zero-order valence-electron chi connectivity index (χ0n) is 16.7. The Labute approximate surface area is 176 Å². The van der Waals surface area contributed by atoms with Crippen LogP contribution < -0.4 is 15.0 Å². The first kappa shape index (κ1) is 19.7. The number of aryl methyl sites for hydroxylation is 1. The minimum atomic E-state index is -0.231. The number of para-hydroxylation sites is 2. The molecule has 152 valence electrons. The van der Waals surface area contributed by atoms with Crippen LogP contribution in [0.2, 0.25) is 0 Å². The van der Waals surface area contributed by atoms with Gasteiger partial charge < -0.3 is 15.0 Å². The van der Waals surface area contributed by atoms with Gasteiger partial charge in [0.15, 0.2) is 6.61 Å². The van der Waals surface area contributed by atoms with E-state index in [1.54, 1.807) is 29.2 Å². The van der Waals surface area contributed by atoms with E-state index >= 15 is 0 Å². The third kappa shape index (κ3) is 4.51. The molecular formula is C25H24N2O3. The van der Waals surface area contributed by atoms with Crippen LogP contribution in [0.25, 0.3) is 0 Å². The van der Waals surface area contributed by atoms with Gasteiger partial charge in [-0.15, -0.1) is 0 Å². The number of ether oxygens (including phenoxy) is 1. The van der Waals surface area contributed by atoms with E-state index in [2.05, 4.69) is 11.4 Å². The SMILES string of the molecule is O=C(NCc1ccccc1)c1ccccc1OCC(=O)N1CCCc2ccccc21. The van der Waals surface area contributed by atoms with Crippen LogP contribution in [0.1, 0.15) is 27.9 Å². The maximum atomic E-state index is 12.8. The van der Waals surface area contributed by atoms with Gasteiger partial charge in [0.25, 0.3) is 11.8 Å². The summed E-state index contributed by atoms with van der Waals surface area (Å²) in [5, 5.41) is 2.91. The Bertz CT molecular complexity index is 1030. The number of fused-ring (bicyclic) bond motifs is 1. The van der Waals surface area contributed by atoms with E-state index in [4.69, 9.17) is 4.74 Å². The molecule has 1 aliphatic heterocycles. The zero-order chi connectivity index (χ0) is 20.8. The van der Waals surface area contributed by atoms with Crippen LogP contribution in [0, 0.1) is 0 Å². The molecule has 0 aliphatic carbocycles. The quantitative estimate of drug-likeness (QED) is 0.681. The molecule has 0 saturated carbocycles. The Morgan fingerprint density at radius 3 is 2.50 bits per heavy atom. The Hall–Kier alpha value is -3.60. The minimum absolute atomic E-state index is 0.110. The van der Waals surface area contributed by atoms with E-state index in [9.17, 15) is 9.59 Å². The first-order chi connectivity index (χ1) is 14.7. The van der Waals surface area contributed by atoms with Crippen molar-refractivity contribution in [3.8, 4) is 5.75 Å². The normalized spacial score (nSPS) is 12.7. The lowest BCUT2D eigenvalue weighted by molar-refractivity contribution is -0.120. The third-order valence-corrected chi connectivity index (χ3v) is 5.19. The second kappa shape index (κ2) is 9.27. The molecule has 0 saturated heterocycles. The summed E-state index contributed by atoms with van der Waals surface area (Å²) < 4.78 is 5.79. The Kier molecular flexibility index (Phi) is 6.09. The van der Waals surface area contributed by atoms with Gasteiger partial charge in [-0.25, -0.2) is 0 Å². The number of benzene rings is 3. The van der Waals surface area contributed by atoms with Crippen molar-refractivity contribution >= 4 is 17.5 Å². The lowest BCUT2D eigenvalue weighted by Gasteiger charge is -2.29. The highest BCUT2D eigenvalue weighted by Gasteiger charge is 2.23. The van der Waals surface area contributed by atoms with Crippen molar-refractivity contribution in [2.24, 2.45) is 0 Å². The number of nitrogens with one attached hydrogen (secondary N) is 1. The van der Waals surface area contributed by atoms with E-state index in [0.29, 0.717) is 24.4 Å². The molecule has 5 heteroatoms. The topological polar surface area (TPSA) is 58.6 Å². The second-order valence-electron chi connectivity index (χ2n) is 7.23. The number of rotatable bonds is 6. The van der Waals surface area contributed by atoms with Gasteiger partial charge in [-0.3, -0.25) is 9.59 Å². The lowest BCUT2D eigenvalue weighted by Crippen LogP contribution is -2.38. The third-order valence-electron chi connectivity index (χ3n) is 5.19. The summed E-state index contributed by atoms with van der Waals surface area (Å²) in [7, 11) is 0. The van der Waals surface area contributed by atoms with Gasteiger partial charge in [0.2, 0.25) is 0 Å². The molecule has 0 bridgehead atoms. The van der Waals surface area contributed by atoms with Crippen molar-refractivity contribution in [2.75, 3.05) is 18.1 Å². The van der Waals surface area contributed by atoms with Crippen molar-refractivity contribution in [1.29, 1.82) is 0 Å². The fourth-order valence-corrected chi connectivity index (χ4v) is 3.66. The molecule has 4 rings (SSSR count). The van der Waals surface area contributed by atoms with Crippen LogP contribution in [0.3, 0.4) is 0 Å². The summed E-state index contributed by atoms with van der Waals surface area (Å²) in [6, 6.07) is 24.7. The van der Waals surface area contributed by atoms with Crippen LogP contribution in [-0.4, -0.2) is 25.0 Å². The van der Waals surface area contributed by atoms with E-state index < -0.39 is 0 Å². The summed E-state index contributed by atoms with van der Waals surface area (Å²) in [6.07, 6.45) is 1.91.